The van der Waals surface area contributed by atoms with Gasteiger partial charge in [0, 0.05) is 6.04 Å². The first-order valence-corrected chi connectivity index (χ1v) is 6.15. The number of halogens is 1. The van der Waals surface area contributed by atoms with Crippen molar-refractivity contribution >= 4 is 29.1 Å². The van der Waals surface area contributed by atoms with Gasteiger partial charge in [-0.05, 0) is 18.8 Å². The van der Waals surface area contributed by atoms with Crippen molar-refractivity contribution in [3.8, 4) is 0 Å². The van der Waals surface area contributed by atoms with E-state index in [-0.39, 0.29) is 0 Å². The summed E-state index contributed by atoms with van der Waals surface area (Å²) in [7, 11) is 0. The molecule has 0 aromatic carbocycles. The van der Waals surface area contributed by atoms with Gasteiger partial charge in [0.05, 0.1) is 11.7 Å². The minimum absolute atomic E-state index is 0.504. The Balaban J connectivity index is 1.89. The highest BCUT2D eigenvalue weighted by atomic mass is 35.5. The highest BCUT2D eigenvalue weighted by Crippen LogP contribution is 2.35. The van der Waals surface area contributed by atoms with Crippen LogP contribution in [0.25, 0.3) is 0 Å². The number of hydrogen-bond acceptors (Lipinski definition) is 4. The Bertz CT molecular complexity index is 298. The molecule has 1 saturated carbocycles. The lowest BCUT2D eigenvalue weighted by Gasteiger charge is -2.15. The smallest absolute Gasteiger partial charge is 0.186 e. The van der Waals surface area contributed by atoms with Gasteiger partial charge in [-0.2, -0.15) is 8.75 Å². The molecule has 1 aliphatic carbocycles. The zero-order chi connectivity index (χ0) is 9.97. The molecule has 14 heavy (non-hydrogen) atoms. The van der Waals surface area contributed by atoms with Gasteiger partial charge in [0.2, 0.25) is 0 Å². The van der Waals surface area contributed by atoms with E-state index in [1.807, 2.05) is 0 Å². The van der Waals surface area contributed by atoms with Crippen LogP contribution in [0.5, 0.6) is 0 Å². The minimum atomic E-state index is 0.504. The molecule has 1 aliphatic rings. The van der Waals surface area contributed by atoms with Crippen LogP contribution < -0.4 is 5.32 Å². The summed E-state index contributed by atoms with van der Waals surface area (Å²) >= 11 is 7.03. The zero-order valence-electron chi connectivity index (χ0n) is 8.16. The number of nitrogens with one attached hydrogen (secondary N) is 1. The van der Waals surface area contributed by atoms with Gasteiger partial charge < -0.3 is 5.32 Å². The lowest BCUT2D eigenvalue weighted by atomic mass is 10.1. The summed E-state index contributed by atoms with van der Waals surface area (Å²) in [6, 6.07) is 0.504. The van der Waals surface area contributed by atoms with Crippen molar-refractivity contribution < 1.29 is 0 Å². The summed E-state index contributed by atoms with van der Waals surface area (Å²) in [5.74, 6) is 1.68. The second-order valence-corrected chi connectivity index (χ2v) is 4.72. The Morgan fingerprint density at radius 2 is 2.36 bits per heavy atom. The van der Waals surface area contributed by atoms with E-state index >= 15 is 0 Å². The molecule has 0 spiro atoms. The van der Waals surface area contributed by atoms with Crippen LogP contribution in [0.3, 0.4) is 0 Å². The van der Waals surface area contributed by atoms with Gasteiger partial charge in [-0.25, -0.2) is 0 Å². The third-order valence-electron chi connectivity index (χ3n) is 2.60. The average Bonchev–Trinajstić information content (AvgIpc) is 2.90. The van der Waals surface area contributed by atoms with Gasteiger partial charge in [0.25, 0.3) is 0 Å². The SMILES string of the molecule is CCC(CC1CC1)Nc1nsnc1Cl. The average molecular weight is 232 g/mol. The quantitative estimate of drug-likeness (QED) is 0.846. The van der Waals surface area contributed by atoms with E-state index in [0.29, 0.717) is 11.2 Å². The molecule has 0 saturated heterocycles. The maximum atomic E-state index is 5.87. The first-order valence-electron chi connectivity index (χ1n) is 5.04. The maximum Gasteiger partial charge on any atom is 0.186 e. The first-order chi connectivity index (χ1) is 6.79. The molecule has 0 radical (unpaired) electrons. The molecule has 0 aliphatic heterocycles. The molecule has 0 bridgehead atoms. The molecule has 1 unspecified atom stereocenters. The summed E-state index contributed by atoms with van der Waals surface area (Å²) in [6.07, 6.45) is 5.14. The topological polar surface area (TPSA) is 37.8 Å². The van der Waals surface area contributed by atoms with Gasteiger partial charge in [0.1, 0.15) is 0 Å². The van der Waals surface area contributed by atoms with Crippen molar-refractivity contribution in [3.63, 3.8) is 0 Å². The normalized spacial score (nSPS) is 18.1. The van der Waals surface area contributed by atoms with Crippen LogP contribution in [-0.2, 0) is 0 Å². The second-order valence-electron chi connectivity index (χ2n) is 3.83. The minimum Gasteiger partial charge on any atom is -0.364 e. The Morgan fingerprint density at radius 1 is 1.57 bits per heavy atom. The molecule has 78 valence electrons. The van der Waals surface area contributed by atoms with Crippen molar-refractivity contribution in [3.05, 3.63) is 5.15 Å². The van der Waals surface area contributed by atoms with E-state index in [2.05, 4.69) is 21.0 Å². The molecule has 1 aromatic heterocycles. The van der Waals surface area contributed by atoms with Crippen molar-refractivity contribution in [1.29, 1.82) is 0 Å². The second kappa shape index (κ2) is 4.45. The van der Waals surface area contributed by atoms with E-state index < -0.39 is 0 Å². The molecule has 3 nitrogen and oxygen atoms in total. The number of nitrogens with zero attached hydrogens (tertiary/aromatic N) is 2. The molecule has 1 heterocycles. The standard InChI is InChI=1S/C9H14ClN3S/c1-2-7(5-6-3-4-6)11-9-8(10)12-14-13-9/h6-7H,2-5H2,1H3,(H,11,13). The molecular weight excluding hydrogens is 218 g/mol. The van der Waals surface area contributed by atoms with Crippen molar-refractivity contribution in [2.24, 2.45) is 5.92 Å². The van der Waals surface area contributed by atoms with Gasteiger partial charge in [-0.3, -0.25) is 0 Å². The molecule has 2 rings (SSSR count). The van der Waals surface area contributed by atoms with Crippen molar-refractivity contribution in [2.75, 3.05) is 5.32 Å². The first kappa shape index (κ1) is 10.2. The summed E-state index contributed by atoms with van der Waals surface area (Å²) in [5.41, 5.74) is 0. The largest absolute Gasteiger partial charge is 0.364 e. The summed E-state index contributed by atoms with van der Waals surface area (Å²) in [5, 5.41) is 3.86. The van der Waals surface area contributed by atoms with Gasteiger partial charge in [0.15, 0.2) is 11.0 Å². The van der Waals surface area contributed by atoms with Crippen LogP contribution >= 0.6 is 23.3 Å². The van der Waals surface area contributed by atoms with E-state index in [0.717, 1.165) is 29.9 Å². The van der Waals surface area contributed by atoms with Crippen molar-refractivity contribution in [2.45, 2.75) is 38.6 Å². The molecule has 1 fully saturated rings. The fourth-order valence-corrected chi connectivity index (χ4v) is 2.20. The number of aromatic nitrogens is 2. The lowest BCUT2D eigenvalue weighted by Crippen LogP contribution is -2.19. The van der Waals surface area contributed by atoms with E-state index in [1.165, 1.54) is 19.3 Å². The molecule has 1 N–H and O–H groups in total. The number of hydrogen-bond donors (Lipinski definition) is 1. The van der Waals surface area contributed by atoms with Gasteiger partial charge in [-0.15, -0.1) is 0 Å². The number of anilines is 1. The number of rotatable bonds is 5. The highest BCUT2D eigenvalue weighted by molar-refractivity contribution is 6.99. The molecular formula is C9H14ClN3S. The molecule has 0 amide bonds. The Kier molecular flexibility index (Phi) is 3.23. The Labute approximate surface area is 93.2 Å². The fourth-order valence-electron chi connectivity index (χ4n) is 1.54. The Morgan fingerprint density at radius 3 is 2.86 bits per heavy atom. The fraction of sp³-hybridized carbons (Fsp3) is 0.778. The highest BCUT2D eigenvalue weighted by Gasteiger charge is 2.25. The van der Waals surface area contributed by atoms with Gasteiger partial charge >= 0.3 is 0 Å². The summed E-state index contributed by atoms with van der Waals surface area (Å²) in [4.78, 5) is 0. The van der Waals surface area contributed by atoms with Crippen molar-refractivity contribution in [1.82, 2.24) is 8.75 Å². The summed E-state index contributed by atoms with van der Waals surface area (Å²) in [6.45, 7) is 2.19. The predicted octanol–water partition coefficient (Wildman–Crippen LogP) is 3.18. The molecule has 1 aromatic rings. The van der Waals surface area contributed by atoms with Gasteiger partial charge in [-0.1, -0.05) is 31.4 Å². The molecule has 5 heteroatoms. The van der Waals surface area contributed by atoms with Crippen LogP contribution in [0.4, 0.5) is 5.82 Å². The van der Waals surface area contributed by atoms with Crippen LogP contribution in [0.15, 0.2) is 0 Å². The van der Waals surface area contributed by atoms with E-state index in [9.17, 15) is 0 Å². The predicted molar refractivity (Wildman–Crippen MR) is 60.0 cm³/mol. The zero-order valence-corrected chi connectivity index (χ0v) is 9.74. The van der Waals surface area contributed by atoms with Crippen LogP contribution in [0, 0.1) is 5.92 Å². The third kappa shape index (κ3) is 2.58. The summed E-state index contributed by atoms with van der Waals surface area (Å²) < 4.78 is 8.05. The lowest BCUT2D eigenvalue weighted by molar-refractivity contribution is 0.586. The third-order valence-corrected chi connectivity index (χ3v) is 3.49. The molecule has 1 atom stereocenters. The Hall–Kier alpha value is -0.350. The maximum absolute atomic E-state index is 5.87. The monoisotopic (exact) mass is 231 g/mol. The van der Waals surface area contributed by atoms with Crippen LogP contribution in [-0.4, -0.2) is 14.8 Å². The van der Waals surface area contributed by atoms with Crippen LogP contribution in [0.1, 0.15) is 32.6 Å². The van der Waals surface area contributed by atoms with E-state index in [4.69, 9.17) is 11.6 Å². The van der Waals surface area contributed by atoms with Crippen LogP contribution in [0.2, 0.25) is 5.15 Å². The van der Waals surface area contributed by atoms with E-state index in [1.54, 1.807) is 0 Å².